The van der Waals surface area contributed by atoms with Gasteiger partial charge in [0.15, 0.2) is 10.7 Å². The van der Waals surface area contributed by atoms with E-state index in [1.54, 1.807) is 22.6 Å². The SMILES string of the molecule is CCOc1ccc2c(c1)sc1nc(=O)c(/C=C3\C=CC(=O)C(OC)=C3)c(N)n12. The van der Waals surface area contributed by atoms with Gasteiger partial charge in [0.1, 0.15) is 11.6 Å². The van der Waals surface area contributed by atoms with E-state index < -0.39 is 5.56 Å². The summed E-state index contributed by atoms with van der Waals surface area (Å²) in [5.74, 6) is 1.01. The minimum Gasteiger partial charge on any atom is -0.494 e. The zero-order valence-electron chi connectivity index (χ0n) is 15.3. The van der Waals surface area contributed by atoms with Gasteiger partial charge >= 0.3 is 0 Å². The highest BCUT2D eigenvalue weighted by atomic mass is 32.1. The Morgan fingerprint density at radius 1 is 1.29 bits per heavy atom. The Morgan fingerprint density at radius 3 is 2.86 bits per heavy atom. The predicted molar refractivity (Wildman–Crippen MR) is 110 cm³/mol. The lowest BCUT2D eigenvalue weighted by Crippen LogP contribution is -2.16. The fourth-order valence-electron chi connectivity index (χ4n) is 3.02. The number of ether oxygens (including phenoxy) is 2. The van der Waals surface area contributed by atoms with Gasteiger partial charge in [0.05, 0.1) is 29.5 Å². The second-order valence-corrected chi connectivity index (χ2v) is 7.06. The Balaban J connectivity index is 1.91. The van der Waals surface area contributed by atoms with Crippen molar-refractivity contribution < 1.29 is 14.3 Å². The second kappa shape index (κ2) is 6.97. The summed E-state index contributed by atoms with van der Waals surface area (Å²) in [6.45, 7) is 2.49. The first kappa shape index (κ1) is 18.0. The van der Waals surface area contributed by atoms with Crippen molar-refractivity contribution in [2.45, 2.75) is 6.92 Å². The van der Waals surface area contributed by atoms with Crippen molar-refractivity contribution in [1.82, 2.24) is 9.38 Å². The molecule has 2 N–H and O–H groups in total. The number of thiazole rings is 1. The van der Waals surface area contributed by atoms with Gasteiger partial charge in [-0.25, -0.2) is 0 Å². The van der Waals surface area contributed by atoms with Crippen molar-refractivity contribution in [2.24, 2.45) is 0 Å². The molecular weight excluding hydrogens is 378 g/mol. The lowest BCUT2D eigenvalue weighted by molar-refractivity contribution is -0.114. The molecule has 7 nitrogen and oxygen atoms in total. The number of hydrogen-bond acceptors (Lipinski definition) is 7. The van der Waals surface area contributed by atoms with Crippen LogP contribution in [-0.4, -0.2) is 28.9 Å². The lowest BCUT2D eigenvalue weighted by atomic mass is 10.0. The minimum absolute atomic E-state index is 0.200. The quantitative estimate of drug-likeness (QED) is 0.730. The third kappa shape index (κ3) is 2.97. The number of nitrogens with zero attached hydrogens (tertiary/aromatic N) is 2. The van der Waals surface area contributed by atoms with Crippen LogP contribution in [-0.2, 0) is 9.53 Å². The molecule has 0 saturated heterocycles. The van der Waals surface area contributed by atoms with E-state index in [-0.39, 0.29) is 22.9 Å². The average molecular weight is 395 g/mol. The molecule has 1 aliphatic rings. The summed E-state index contributed by atoms with van der Waals surface area (Å²) < 4.78 is 13.3. The smallest absolute Gasteiger partial charge is 0.283 e. The molecular formula is C20H17N3O4S. The molecule has 0 aliphatic heterocycles. The topological polar surface area (TPSA) is 95.9 Å². The number of aromatic nitrogens is 2. The van der Waals surface area contributed by atoms with Crippen LogP contribution in [0, 0.1) is 0 Å². The monoisotopic (exact) mass is 395 g/mol. The zero-order valence-corrected chi connectivity index (χ0v) is 16.1. The fourth-order valence-corrected chi connectivity index (χ4v) is 4.08. The van der Waals surface area contributed by atoms with E-state index in [0.717, 1.165) is 16.0 Å². The number of anilines is 1. The normalized spacial score (nSPS) is 15.4. The molecule has 0 fully saturated rings. The van der Waals surface area contributed by atoms with Crippen molar-refractivity contribution in [3.05, 3.63) is 63.7 Å². The fraction of sp³-hybridized carbons (Fsp3) is 0.150. The summed E-state index contributed by atoms with van der Waals surface area (Å²) in [5, 5.41) is 0. The van der Waals surface area contributed by atoms with Gasteiger partial charge in [0.25, 0.3) is 5.56 Å². The molecule has 0 radical (unpaired) electrons. The number of carbonyl (C=O) groups excluding carboxylic acids is 1. The van der Waals surface area contributed by atoms with Gasteiger partial charge in [-0.3, -0.25) is 14.0 Å². The molecule has 0 bridgehead atoms. The van der Waals surface area contributed by atoms with E-state index >= 15 is 0 Å². The van der Waals surface area contributed by atoms with Crippen molar-refractivity contribution in [1.29, 1.82) is 0 Å². The van der Waals surface area contributed by atoms with E-state index in [0.29, 0.717) is 17.1 Å². The third-order valence-corrected chi connectivity index (χ3v) is 5.32. The van der Waals surface area contributed by atoms with Crippen LogP contribution in [0.1, 0.15) is 12.5 Å². The van der Waals surface area contributed by atoms with Crippen LogP contribution in [0.15, 0.2) is 52.6 Å². The van der Waals surface area contributed by atoms with Crippen molar-refractivity contribution in [3.8, 4) is 5.75 Å². The standard InChI is InChI=1S/C20H17N3O4S/c1-3-27-12-5-6-14-17(10-12)28-20-22-19(25)13(18(21)23(14)20)8-11-4-7-15(24)16(9-11)26-2/h4-10H,3,21H2,1-2H3/b11-8+. The molecule has 8 heteroatoms. The molecule has 0 saturated carbocycles. The molecule has 1 aromatic carbocycles. The highest BCUT2D eigenvalue weighted by Crippen LogP contribution is 2.31. The Bertz CT molecular complexity index is 1260. The van der Waals surface area contributed by atoms with E-state index in [1.165, 1.54) is 24.5 Å². The number of nitrogen functional groups attached to an aromatic ring is 1. The van der Waals surface area contributed by atoms with Crippen LogP contribution in [0.3, 0.4) is 0 Å². The number of rotatable bonds is 4. The molecule has 3 aromatic rings. The highest BCUT2D eigenvalue weighted by Gasteiger charge is 2.16. The first-order valence-corrected chi connectivity index (χ1v) is 9.41. The number of hydrogen-bond donors (Lipinski definition) is 1. The molecule has 0 atom stereocenters. The Kier molecular flexibility index (Phi) is 4.48. The van der Waals surface area contributed by atoms with E-state index in [4.69, 9.17) is 15.2 Å². The molecule has 0 unspecified atom stereocenters. The number of carbonyl (C=O) groups is 1. The maximum absolute atomic E-state index is 12.6. The second-order valence-electron chi connectivity index (χ2n) is 6.05. The van der Waals surface area contributed by atoms with E-state index in [9.17, 15) is 9.59 Å². The molecule has 2 heterocycles. The van der Waals surface area contributed by atoms with Crippen molar-refractivity contribution in [3.63, 3.8) is 0 Å². The predicted octanol–water partition coefficient (Wildman–Crippen LogP) is 2.94. The van der Waals surface area contributed by atoms with Crippen LogP contribution in [0.4, 0.5) is 5.82 Å². The molecule has 4 rings (SSSR count). The Hall–Kier alpha value is -3.39. The zero-order chi connectivity index (χ0) is 19.8. The molecule has 142 valence electrons. The maximum atomic E-state index is 12.6. The first-order valence-electron chi connectivity index (χ1n) is 8.59. The summed E-state index contributed by atoms with van der Waals surface area (Å²) in [6.07, 6.45) is 6.17. The van der Waals surface area contributed by atoms with Crippen molar-refractivity contribution in [2.75, 3.05) is 19.5 Å². The summed E-state index contributed by atoms with van der Waals surface area (Å²) in [7, 11) is 1.42. The van der Waals surface area contributed by atoms with Crippen LogP contribution in [0.25, 0.3) is 21.3 Å². The Labute approximate surface area is 164 Å². The lowest BCUT2D eigenvalue weighted by Gasteiger charge is -2.09. The molecule has 28 heavy (non-hydrogen) atoms. The van der Waals surface area contributed by atoms with Crippen LogP contribution in [0.5, 0.6) is 5.75 Å². The van der Waals surface area contributed by atoms with Crippen LogP contribution < -0.4 is 16.0 Å². The van der Waals surface area contributed by atoms with E-state index in [2.05, 4.69) is 4.98 Å². The molecule has 0 amide bonds. The summed E-state index contributed by atoms with van der Waals surface area (Å²) >= 11 is 1.37. The van der Waals surface area contributed by atoms with Gasteiger partial charge in [-0.1, -0.05) is 17.4 Å². The summed E-state index contributed by atoms with van der Waals surface area (Å²) in [6, 6.07) is 5.66. The molecule has 0 spiro atoms. The Morgan fingerprint density at radius 2 is 2.11 bits per heavy atom. The summed E-state index contributed by atoms with van der Waals surface area (Å²) in [5.41, 5.74) is 7.64. The number of ketones is 1. The number of fused-ring (bicyclic) bond motifs is 3. The van der Waals surface area contributed by atoms with Crippen LogP contribution >= 0.6 is 11.3 Å². The molecule has 2 aromatic heterocycles. The highest BCUT2D eigenvalue weighted by molar-refractivity contribution is 7.23. The van der Waals surface area contributed by atoms with Crippen molar-refractivity contribution >= 4 is 44.2 Å². The van der Waals surface area contributed by atoms with Gasteiger partial charge in [-0.2, -0.15) is 4.98 Å². The van der Waals surface area contributed by atoms with Crippen LogP contribution in [0.2, 0.25) is 0 Å². The number of benzene rings is 1. The van der Waals surface area contributed by atoms with Gasteiger partial charge in [0, 0.05) is 0 Å². The summed E-state index contributed by atoms with van der Waals surface area (Å²) in [4.78, 5) is 29.0. The first-order chi connectivity index (χ1) is 13.5. The minimum atomic E-state index is -0.431. The maximum Gasteiger partial charge on any atom is 0.283 e. The number of methoxy groups -OCH3 is 1. The average Bonchev–Trinajstić information content (AvgIpc) is 3.04. The van der Waals surface area contributed by atoms with E-state index in [1.807, 2.05) is 25.1 Å². The van der Waals surface area contributed by atoms with Gasteiger partial charge < -0.3 is 15.2 Å². The van der Waals surface area contributed by atoms with Gasteiger partial charge in [0.2, 0.25) is 5.78 Å². The largest absolute Gasteiger partial charge is 0.494 e. The van der Waals surface area contributed by atoms with Gasteiger partial charge in [-0.15, -0.1) is 0 Å². The third-order valence-electron chi connectivity index (χ3n) is 4.32. The molecule has 1 aliphatic carbocycles. The number of nitrogens with two attached hydrogens (primary N) is 1. The van der Waals surface area contributed by atoms with Gasteiger partial charge in [-0.05, 0) is 48.9 Å². The number of allylic oxidation sites excluding steroid dienone is 4.